The Balaban J connectivity index is 1.36. The largest absolute Gasteiger partial charge is 0.342 e. The van der Waals surface area contributed by atoms with Gasteiger partial charge in [-0.05, 0) is 60.5 Å². The maximum atomic E-state index is 12.3. The summed E-state index contributed by atoms with van der Waals surface area (Å²) in [6.45, 7) is 0. The fourth-order valence-corrected chi connectivity index (χ4v) is 3.04. The maximum Gasteiger partial charge on any atom is 0.255 e. The third kappa shape index (κ3) is 3.92. The number of carbonyl (C=O) groups is 1. The normalized spacial score (nSPS) is 10.5. The highest BCUT2D eigenvalue weighted by Crippen LogP contribution is 2.15. The van der Waals surface area contributed by atoms with Crippen molar-refractivity contribution in [2.24, 2.45) is 0 Å². The summed E-state index contributed by atoms with van der Waals surface area (Å²) < 4.78 is 0. The standard InChI is InChI=1S/C23H18N4O/c24-15-17-5-10-18(11-6-17)23(28)25-19-12-7-16(8-13-19)9-14-22-26-20-3-1-2-4-21(20)27-22/h1-8,10-13H,9,14H2,(H,25,28)(H,26,27). The van der Waals surface area contributed by atoms with E-state index in [2.05, 4.69) is 15.3 Å². The number of nitriles is 1. The molecule has 0 atom stereocenters. The summed E-state index contributed by atoms with van der Waals surface area (Å²) in [6.07, 6.45) is 1.69. The summed E-state index contributed by atoms with van der Waals surface area (Å²) in [4.78, 5) is 20.2. The van der Waals surface area contributed by atoms with Crippen molar-refractivity contribution in [3.8, 4) is 6.07 Å². The van der Waals surface area contributed by atoms with Crippen LogP contribution >= 0.6 is 0 Å². The van der Waals surface area contributed by atoms with Crippen LogP contribution < -0.4 is 5.32 Å². The van der Waals surface area contributed by atoms with Gasteiger partial charge in [-0.2, -0.15) is 5.26 Å². The Morgan fingerprint density at radius 3 is 2.43 bits per heavy atom. The predicted octanol–water partition coefficient (Wildman–Crippen LogP) is 4.47. The van der Waals surface area contributed by atoms with E-state index >= 15 is 0 Å². The molecule has 0 spiro atoms. The molecule has 0 radical (unpaired) electrons. The fourth-order valence-electron chi connectivity index (χ4n) is 3.04. The molecule has 5 nitrogen and oxygen atoms in total. The summed E-state index contributed by atoms with van der Waals surface area (Å²) >= 11 is 0. The van der Waals surface area contributed by atoms with Gasteiger partial charge in [0.05, 0.1) is 22.7 Å². The number of carbonyl (C=O) groups excluding carboxylic acids is 1. The number of fused-ring (bicyclic) bond motifs is 1. The van der Waals surface area contributed by atoms with Crippen molar-refractivity contribution in [1.29, 1.82) is 5.26 Å². The number of rotatable bonds is 5. The average Bonchev–Trinajstić information content (AvgIpc) is 3.16. The predicted molar refractivity (Wildman–Crippen MR) is 109 cm³/mol. The number of nitrogens with one attached hydrogen (secondary N) is 2. The van der Waals surface area contributed by atoms with E-state index in [0.29, 0.717) is 11.1 Å². The molecule has 1 amide bonds. The quantitative estimate of drug-likeness (QED) is 0.547. The molecule has 136 valence electrons. The Hall–Kier alpha value is -3.91. The second-order valence-electron chi connectivity index (χ2n) is 6.54. The molecule has 28 heavy (non-hydrogen) atoms. The van der Waals surface area contributed by atoms with Gasteiger partial charge in [0, 0.05) is 17.7 Å². The number of hydrogen-bond acceptors (Lipinski definition) is 3. The molecule has 0 aliphatic rings. The van der Waals surface area contributed by atoms with Crippen LogP contribution in [0.25, 0.3) is 11.0 Å². The molecule has 1 aromatic heterocycles. The highest BCUT2D eigenvalue weighted by atomic mass is 16.1. The number of nitrogens with zero attached hydrogens (tertiary/aromatic N) is 2. The monoisotopic (exact) mass is 366 g/mol. The van der Waals surface area contributed by atoms with Gasteiger partial charge in [-0.3, -0.25) is 4.79 Å². The van der Waals surface area contributed by atoms with E-state index < -0.39 is 0 Å². The summed E-state index contributed by atoms with van der Waals surface area (Å²) in [6, 6.07) is 24.4. The third-order valence-corrected chi connectivity index (χ3v) is 4.58. The van der Waals surface area contributed by atoms with Gasteiger partial charge in [-0.25, -0.2) is 4.98 Å². The number of para-hydroxylation sites is 2. The molecule has 5 heteroatoms. The first kappa shape index (κ1) is 17.5. The van der Waals surface area contributed by atoms with Crippen molar-refractivity contribution in [3.63, 3.8) is 0 Å². The lowest BCUT2D eigenvalue weighted by molar-refractivity contribution is 0.102. The van der Waals surface area contributed by atoms with Crippen LogP contribution in [0.2, 0.25) is 0 Å². The van der Waals surface area contributed by atoms with Crippen LogP contribution in [-0.2, 0) is 12.8 Å². The Bertz CT molecular complexity index is 1120. The average molecular weight is 366 g/mol. The van der Waals surface area contributed by atoms with E-state index in [9.17, 15) is 4.79 Å². The number of hydrogen-bond donors (Lipinski definition) is 2. The van der Waals surface area contributed by atoms with Crippen molar-refractivity contribution in [2.45, 2.75) is 12.8 Å². The number of aryl methyl sites for hydroxylation is 2. The molecule has 1 heterocycles. The highest BCUT2D eigenvalue weighted by molar-refractivity contribution is 6.04. The highest BCUT2D eigenvalue weighted by Gasteiger charge is 2.07. The van der Waals surface area contributed by atoms with Crippen LogP contribution in [0.15, 0.2) is 72.8 Å². The van der Waals surface area contributed by atoms with Crippen LogP contribution in [0.5, 0.6) is 0 Å². The van der Waals surface area contributed by atoms with Crippen molar-refractivity contribution in [1.82, 2.24) is 9.97 Å². The van der Waals surface area contributed by atoms with E-state index in [0.717, 1.165) is 35.4 Å². The number of amides is 1. The minimum absolute atomic E-state index is 0.195. The number of benzene rings is 3. The molecular weight excluding hydrogens is 348 g/mol. The van der Waals surface area contributed by atoms with Gasteiger partial charge in [-0.15, -0.1) is 0 Å². The van der Waals surface area contributed by atoms with Gasteiger partial charge in [0.15, 0.2) is 0 Å². The minimum Gasteiger partial charge on any atom is -0.342 e. The van der Waals surface area contributed by atoms with E-state index in [1.165, 1.54) is 5.56 Å². The number of aromatic amines is 1. The molecule has 0 aliphatic heterocycles. The lowest BCUT2D eigenvalue weighted by Crippen LogP contribution is -2.11. The van der Waals surface area contributed by atoms with Crippen molar-refractivity contribution in [3.05, 3.63) is 95.3 Å². The zero-order valence-electron chi connectivity index (χ0n) is 15.1. The first-order valence-corrected chi connectivity index (χ1v) is 9.05. The van der Waals surface area contributed by atoms with Gasteiger partial charge in [0.2, 0.25) is 0 Å². The van der Waals surface area contributed by atoms with Crippen molar-refractivity contribution < 1.29 is 4.79 Å². The Morgan fingerprint density at radius 1 is 0.964 bits per heavy atom. The van der Waals surface area contributed by atoms with Crippen LogP contribution in [0.3, 0.4) is 0 Å². The van der Waals surface area contributed by atoms with E-state index in [-0.39, 0.29) is 5.91 Å². The molecule has 4 aromatic rings. The Kier molecular flexibility index (Phi) is 4.85. The van der Waals surface area contributed by atoms with Crippen molar-refractivity contribution in [2.75, 3.05) is 5.32 Å². The van der Waals surface area contributed by atoms with Gasteiger partial charge >= 0.3 is 0 Å². The third-order valence-electron chi connectivity index (χ3n) is 4.58. The van der Waals surface area contributed by atoms with Gasteiger partial charge in [0.1, 0.15) is 5.82 Å². The second kappa shape index (κ2) is 7.77. The first-order valence-electron chi connectivity index (χ1n) is 9.05. The molecule has 2 N–H and O–H groups in total. The lowest BCUT2D eigenvalue weighted by Gasteiger charge is -2.07. The molecule has 3 aromatic carbocycles. The summed E-state index contributed by atoms with van der Waals surface area (Å²) in [7, 11) is 0. The second-order valence-corrected chi connectivity index (χ2v) is 6.54. The van der Waals surface area contributed by atoms with E-state index in [4.69, 9.17) is 5.26 Å². The van der Waals surface area contributed by atoms with E-state index in [1.807, 2.05) is 54.6 Å². The molecule has 0 fully saturated rings. The minimum atomic E-state index is -0.195. The molecule has 0 saturated heterocycles. The maximum absolute atomic E-state index is 12.3. The molecular formula is C23H18N4O. The summed E-state index contributed by atoms with van der Waals surface area (Å²) in [5.41, 5.74) is 5.01. The summed E-state index contributed by atoms with van der Waals surface area (Å²) in [5, 5.41) is 11.7. The molecule has 0 unspecified atom stereocenters. The zero-order valence-corrected chi connectivity index (χ0v) is 15.1. The Morgan fingerprint density at radius 2 is 1.71 bits per heavy atom. The van der Waals surface area contributed by atoms with Gasteiger partial charge < -0.3 is 10.3 Å². The number of H-pyrrole nitrogens is 1. The van der Waals surface area contributed by atoms with Crippen LogP contribution in [0, 0.1) is 11.3 Å². The topological polar surface area (TPSA) is 81.6 Å². The van der Waals surface area contributed by atoms with Gasteiger partial charge in [-0.1, -0.05) is 24.3 Å². The molecule has 0 aliphatic carbocycles. The number of anilines is 1. The molecule has 0 saturated carbocycles. The van der Waals surface area contributed by atoms with Crippen LogP contribution in [-0.4, -0.2) is 15.9 Å². The number of aromatic nitrogens is 2. The SMILES string of the molecule is N#Cc1ccc(C(=O)Nc2ccc(CCc3nc4ccccc4[nH]3)cc2)cc1. The fraction of sp³-hybridized carbons (Fsp3) is 0.0870. The van der Waals surface area contributed by atoms with Crippen LogP contribution in [0.4, 0.5) is 5.69 Å². The summed E-state index contributed by atoms with van der Waals surface area (Å²) in [5.74, 6) is 0.777. The Labute approximate surface area is 162 Å². The van der Waals surface area contributed by atoms with E-state index in [1.54, 1.807) is 24.3 Å². The smallest absolute Gasteiger partial charge is 0.255 e. The van der Waals surface area contributed by atoms with Crippen LogP contribution in [0.1, 0.15) is 27.3 Å². The lowest BCUT2D eigenvalue weighted by atomic mass is 10.1. The van der Waals surface area contributed by atoms with Crippen molar-refractivity contribution >= 4 is 22.6 Å². The number of imidazole rings is 1. The molecule has 4 rings (SSSR count). The van der Waals surface area contributed by atoms with Gasteiger partial charge in [0.25, 0.3) is 5.91 Å². The first-order chi connectivity index (χ1) is 13.7. The molecule has 0 bridgehead atoms. The zero-order chi connectivity index (χ0) is 19.3.